The highest BCUT2D eigenvalue weighted by Gasteiger charge is 2.39. The van der Waals surface area contributed by atoms with Gasteiger partial charge < -0.3 is 9.80 Å². The third-order valence-corrected chi connectivity index (χ3v) is 5.47. The summed E-state index contributed by atoms with van der Waals surface area (Å²) < 4.78 is 0. The van der Waals surface area contributed by atoms with Crippen LogP contribution in [-0.2, 0) is 9.59 Å². The summed E-state index contributed by atoms with van der Waals surface area (Å²) in [6, 6.07) is 0. The zero-order valence-corrected chi connectivity index (χ0v) is 18.8. The first kappa shape index (κ1) is 24.0. The number of rotatable bonds is 11. The van der Waals surface area contributed by atoms with Gasteiger partial charge in [0.05, 0.1) is 0 Å². The maximum absolute atomic E-state index is 13.4. The zero-order valence-electron chi connectivity index (χ0n) is 18.8. The molecule has 0 saturated heterocycles. The molecule has 0 spiro atoms. The van der Waals surface area contributed by atoms with Gasteiger partial charge in [0.1, 0.15) is 0 Å². The molecule has 1 saturated carbocycles. The second kappa shape index (κ2) is 12.4. The van der Waals surface area contributed by atoms with Gasteiger partial charge in [0.15, 0.2) is 0 Å². The molecule has 0 N–H and O–H groups in total. The molecule has 0 aromatic heterocycles. The van der Waals surface area contributed by atoms with Crippen LogP contribution in [0.25, 0.3) is 0 Å². The van der Waals surface area contributed by atoms with E-state index in [2.05, 4.69) is 41.5 Å². The molecule has 0 radical (unpaired) electrons. The van der Waals surface area contributed by atoms with Crippen LogP contribution < -0.4 is 0 Å². The minimum absolute atomic E-state index is 0.114. The lowest BCUT2D eigenvalue weighted by atomic mass is 9.77. The van der Waals surface area contributed by atoms with Gasteiger partial charge in [-0.3, -0.25) is 9.59 Å². The van der Waals surface area contributed by atoms with E-state index in [1.165, 1.54) is 0 Å². The molecule has 0 aromatic carbocycles. The fourth-order valence-electron chi connectivity index (χ4n) is 4.28. The molecule has 0 bridgehead atoms. The highest BCUT2D eigenvalue weighted by molar-refractivity contribution is 5.88. The van der Waals surface area contributed by atoms with Crippen molar-refractivity contribution in [3.8, 4) is 0 Å². The van der Waals surface area contributed by atoms with Gasteiger partial charge in [-0.05, 0) is 37.5 Å². The predicted octanol–water partition coefficient (Wildman–Crippen LogP) is 4.97. The summed E-state index contributed by atoms with van der Waals surface area (Å²) in [6.45, 7) is 16.2. The van der Waals surface area contributed by atoms with Crippen molar-refractivity contribution < 1.29 is 9.59 Å². The van der Waals surface area contributed by atoms with Crippen LogP contribution in [0.2, 0.25) is 0 Å². The van der Waals surface area contributed by atoms with E-state index in [0.29, 0.717) is 11.8 Å². The average molecular weight is 381 g/mol. The van der Waals surface area contributed by atoms with Crippen molar-refractivity contribution in [1.29, 1.82) is 0 Å². The van der Waals surface area contributed by atoms with E-state index in [1.807, 2.05) is 9.80 Å². The zero-order chi connectivity index (χ0) is 20.4. The van der Waals surface area contributed by atoms with Crippen molar-refractivity contribution in [3.05, 3.63) is 0 Å². The number of carbonyl (C=O) groups excluding carboxylic acids is 2. The Kier molecular flexibility index (Phi) is 11.0. The van der Waals surface area contributed by atoms with Gasteiger partial charge in [0.25, 0.3) is 0 Å². The van der Waals surface area contributed by atoms with Crippen molar-refractivity contribution in [2.75, 3.05) is 26.2 Å². The molecular formula is C23H44N2O2. The van der Waals surface area contributed by atoms with Gasteiger partial charge in [-0.1, -0.05) is 60.8 Å². The number of hydrogen-bond acceptors (Lipinski definition) is 2. The maximum atomic E-state index is 13.4. The molecule has 0 heterocycles. The number of unbranched alkanes of at least 4 members (excludes halogenated alkanes) is 1. The average Bonchev–Trinajstić information content (AvgIpc) is 2.62. The lowest BCUT2D eigenvalue weighted by Crippen LogP contribution is -2.48. The first-order chi connectivity index (χ1) is 12.8. The minimum Gasteiger partial charge on any atom is -0.342 e. The SMILES string of the molecule is CCCCN(CCC)C(=O)C1CCCCC1C(=O)N(CC(C)C)CC(C)C. The smallest absolute Gasteiger partial charge is 0.226 e. The number of nitrogens with zero attached hydrogens (tertiary/aromatic N) is 2. The molecule has 2 amide bonds. The third kappa shape index (κ3) is 7.83. The Bertz CT molecular complexity index is 438. The van der Waals surface area contributed by atoms with Crippen LogP contribution in [0.3, 0.4) is 0 Å². The van der Waals surface area contributed by atoms with Gasteiger partial charge in [0, 0.05) is 38.0 Å². The molecule has 1 aliphatic carbocycles. The Balaban J connectivity index is 2.96. The van der Waals surface area contributed by atoms with Gasteiger partial charge in [-0.2, -0.15) is 0 Å². The van der Waals surface area contributed by atoms with Crippen LogP contribution >= 0.6 is 0 Å². The molecule has 1 rings (SSSR count). The Morgan fingerprint density at radius 1 is 0.778 bits per heavy atom. The summed E-state index contributed by atoms with van der Waals surface area (Å²) in [4.78, 5) is 30.8. The first-order valence-electron chi connectivity index (χ1n) is 11.4. The highest BCUT2D eigenvalue weighted by atomic mass is 16.2. The van der Waals surface area contributed by atoms with Crippen LogP contribution in [0.15, 0.2) is 0 Å². The van der Waals surface area contributed by atoms with Gasteiger partial charge in [0.2, 0.25) is 11.8 Å². The monoisotopic (exact) mass is 380 g/mol. The van der Waals surface area contributed by atoms with E-state index in [4.69, 9.17) is 0 Å². The van der Waals surface area contributed by atoms with Crippen molar-refractivity contribution in [3.63, 3.8) is 0 Å². The van der Waals surface area contributed by atoms with E-state index >= 15 is 0 Å². The summed E-state index contributed by atoms with van der Waals surface area (Å²) in [5.41, 5.74) is 0. The molecule has 27 heavy (non-hydrogen) atoms. The Labute approximate surface area is 168 Å². The largest absolute Gasteiger partial charge is 0.342 e. The molecule has 4 nitrogen and oxygen atoms in total. The summed E-state index contributed by atoms with van der Waals surface area (Å²) in [5.74, 6) is 1.12. The van der Waals surface area contributed by atoms with Crippen molar-refractivity contribution in [1.82, 2.24) is 9.80 Å². The predicted molar refractivity (Wildman–Crippen MR) is 113 cm³/mol. The summed E-state index contributed by atoms with van der Waals surface area (Å²) in [7, 11) is 0. The Morgan fingerprint density at radius 3 is 1.67 bits per heavy atom. The van der Waals surface area contributed by atoms with E-state index in [9.17, 15) is 9.59 Å². The molecule has 158 valence electrons. The van der Waals surface area contributed by atoms with E-state index < -0.39 is 0 Å². The lowest BCUT2D eigenvalue weighted by molar-refractivity contribution is -0.149. The van der Waals surface area contributed by atoms with Crippen molar-refractivity contribution >= 4 is 11.8 Å². The molecule has 2 unspecified atom stereocenters. The van der Waals surface area contributed by atoms with Crippen LogP contribution in [0.1, 0.15) is 86.5 Å². The summed E-state index contributed by atoms with van der Waals surface area (Å²) in [5, 5.41) is 0. The highest BCUT2D eigenvalue weighted by Crippen LogP contribution is 2.33. The Morgan fingerprint density at radius 2 is 1.26 bits per heavy atom. The number of amides is 2. The summed E-state index contributed by atoms with van der Waals surface area (Å²) in [6.07, 6.45) is 7.01. The molecule has 0 aliphatic heterocycles. The molecule has 2 atom stereocenters. The minimum atomic E-state index is -0.121. The van der Waals surface area contributed by atoms with Crippen LogP contribution in [-0.4, -0.2) is 47.8 Å². The fraction of sp³-hybridized carbons (Fsp3) is 0.913. The molecule has 1 aliphatic rings. The first-order valence-corrected chi connectivity index (χ1v) is 11.4. The van der Waals surface area contributed by atoms with Crippen LogP contribution in [0, 0.1) is 23.7 Å². The Hall–Kier alpha value is -1.06. The van der Waals surface area contributed by atoms with Gasteiger partial charge in [-0.25, -0.2) is 0 Å². The van der Waals surface area contributed by atoms with Crippen LogP contribution in [0.5, 0.6) is 0 Å². The van der Waals surface area contributed by atoms with E-state index in [-0.39, 0.29) is 23.7 Å². The number of hydrogen-bond donors (Lipinski definition) is 0. The normalized spacial score (nSPS) is 20.1. The molecular weight excluding hydrogens is 336 g/mol. The quantitative estimate of drug-likeness (QED) is 0.507. The standard InChI is InChI=1S/C23H44N2O2/c1-7-9-15-24(14-8-2)22(26)20-12-10-11-13-21(20)23(27)25(16-18(3)4)17-19(5)6/h18-21H,7-17H2,1-6H3. The fourth-order valence-corrected chi connectivity index (χ4v) is 4.28. The molecule has 0 aromatic rings. The van der Waals surface area contributed by atoms with Gasteiger partial charge >= 0.3 is 0 Å². The van der Waals surface area contributed by atoms with E-state index in [1.54, 1.807) is 0 Å². The summed E-state index contributed by atoms with van der Waals surface area (Å²) >= 11 is 0. The number of carbonyl (C=O) groups is 2. The molecule has 1 fully saturated rings. The van der Waals surface area contributed by atoms with Crippen molar-refractivity contribution in [2.24, 2.45) is 23.7 Å². The van der Waals surface area contributed by atoms with Crippen LogP contribution in [0.4, 0.5) is 0 Å². The third-order valence-electron chi connectivity index (χ3n) is 5.47. The maximum Gasteiger partial charge on any atom is 0.226 e. The second-order valence-electron chi connectivity index (χ2n) is 9.21. The second-order valence-corrected chi connectivity index (χ2v) is 9.21. The van der Waals surface area contributed by atoms with Crippen molar-refractivity contribution in [2.45, 2.75) is 86.5 Å². The topological polar surface area (TPSA) is 40.6 Å². The molecule has 4 heteroatoms. The lowest BCUT2D eigenvalue weighted by Gasteiger charge is -2.37. The van der Waals surface area contributed by atoms with Gasteiger partial charge in [-0.15, -0.1) is 0 Å². The van der Waals surface area contributed by atoms with E-state index in [0.717, 1.165) is 71.1 Å².